The Labute approximate surface area is 141 Å². The highest BCUT2D eigenvalue weighted by molar-refractivity contribution is 6.04. The fraction of sp³-hybridized carbons (Fsp3) is 0.278. The van der Waals surface area contributed by atoms with Gasteiger partial charge in [0.05, 0.1) is 34.2 Å². The molecule has 0 amide bonds. The van der Waals surface area contributed by atoms with E-state index in [0.29, 0.717) is 40.7 Å². The van der Waals surface area contributed by atoms with Gasteiger partial charge in [0.1, 0.15) is 0 Å². The third-order valence-electron chi connectivity index (χ3n) is 3.68. The first-order chi connectivity index (χ1) is 11.7. The molecule has 24 heavy (non-hydrogen) atoms. The molecule has 2 aromatic carbocycles. The highest BCUT2D eigenvalue weighted by Crippen LogP contribution is 2.35. The van der Waals surface area contributed by atoms with E-state index in [4.69, 9.17) is 18.9 Å². The predicted molar refractivity (Wildman–Crippen MR) is 91.1 cm³/mol. The minimum absolute atomic E-state index is 0.334. The quantitative estimate of drug-likeness (QED) is 0.479. The Hall–Kier alpha value is -2.89. The van der Waals surface area contributed by atoms with Crippen molar-refractivity contribution in [1.82, 2.24) is 0 Å². The SMILES string of the molecule is COc1cccc(C/C(=N/O)c2cccc(OC)c2OC)c1OC. The Morgan fingerprint density at radius 1 is 0.833 bits per heavy atom. The zero-order valence-electron chi connectivity index (χ0n) is 14.2. The lowest BCUT2D eigenvalue weighted by atomic mass is 10.00. The highest BCUT2D eigenvalue weighted by atomic mass is 16.5. The first-order valence-corrected chi connectivity index (χ1v) is 7.32. The monoisotopic (exact) mass is 331 g/mol. The maximum absolute atomic E-state index is 9.53. The van der Waals surface area contributed by atoms with E-state index in [0.717, 1.165) is 5.56 Å². The lowest BCUT2D eigenvalue weighted by Crippen LogP contribution is -2.09. The lowest BCUT2D eigenvalue weighted by molar-refractivity contribution is 0.317. The summed E-state index contributed by atoms with van der Waals surface area (Å²) in [6.45, 7) is 0. The van der Waals surface area contributed by atoms with Crippen LogP contribution in [0.3, 0.4) is 0 Å². The molecule has 0 radical (unpaired) electrons. The Kier molecular flexibility index (Phi) is 5.89. The summed E-state index contributed by atoms with van der Waals surface area (Å²) in [6, 6.07) is 11.0. The Morgan fingerprint density at radius 3 is 1.96 bits per heavy atom. The molecule has 0 spiro atoms. The number of nitrogens with zero attached hydrogens (tertiary/aromatic N) is 1. The van der Waals surface area contributed by atoms with Crippen LogP contribution in [0.25, 0.3) is 0 Å². The van der Waals surface area contributed by atoms with Crippen LogP contribution in [0.2, 0.25) is 0 Å². The third-order valence-corrected chi connectivity index (χ3v) is 3.68. The van der Waals surface area contributed by atoms with Crippen LogP contribution in [0.5, 0.6) is 23.0 Å². The molecule has 0 bridgehead atoms. The summed E-state index contributed by atoms with van der Waals surface area (Å²) >= 11 is 0. The smallest absolute Gasteiger partial charge is 0.169 e. The molecule has 0 saturated heterocycles. The minimum atomic E-state index is 0.334. The van der Waals surface area contributed by atoms with Gasteiger partial charge < -0.3 is 24.2 Å². The summed E-state index contributed by atoms with van der Waals surface area (Å²) in [4.78, 5) is 0. The van der Waals surface area contributed by atoms with E-state index in [1.54, 1.807) is 34.5 Å². The molecule has 0 aliphatic carbocycles. The van der Waals surface area contributed by atoms with Crippen LogP contribution in [0.1, 0.15) is 11.1 Å². The fourth-order valence-electron chi connectivity index (χ4n) is 2.57. The van der Waals surface area contributed by atoms with Crippen molar-refractivity contribution in [2.45, 2.75) is 6.42 Å². The molecule has 0 aliphatic rings. The molecular weight excluding hydrogens is 310 g/mol. The van der Waals surface area contributed by atoms with Crippen LogP contribution in [-0.2, 0) is 6.42 Å². The number of benzene rings is 2. The van der Waals surface area contributed by atoms with Gasteiger partial charge in [-0.15, -0.1) is 0 Å². The van der Waals surface area contributed by atoms with Crippen LogP contribution < -0.4 is 18.9 Å². The average molecular weight is 331 g/mol. The van der Waals surface area contributed by atoms with Gasteiger partial charge in [0.25, 0.3) is 0 Å². The number of methoxy groups -OCH3 is 4. The van der Waals surface area contributed by atoms with Crippen LogP contribution in [-0.4, -0.2) is 39.4 Å². The molecule has 0 heterocycles. The number of hydrogen-bond donors (Lipinski definition) is 1. The summed E-state index contributed by atoms with van der Waals surface area (Å²) in [5, 5.41) is 13.0. The summed E-state index contributed by atoms with van der Waals surface area (Å²) in [5.41, 5.74) is 1.90. The number of oxime groups is 1. The van der Waals surface area contributed by atoms with E-state index in [-0.39, 0.29) is 0 Å². The maximum atomic E-state index is 9.53. The maximum Gasteiger partial charge on any atom is 0.169 e. The van der Waals surface area contributed by atoms with Crippen molar-refractivity contribution in [3.63, 3.8) is 0 Å². The van der Waals surface area contributed by atoms with Crippen LogP contribution >= 0.6 is 0 Å². The second-order valence-electron chi connectivity index (χ2n) is 4.92. The van der Waals surface area contributed by atoms with Gasteiger partial charge in [-0.25, -0.2) is 0 Å². The molecular formula is C18H21NO5. The van der Waals surface area contributed by atoms with Gasteiger partial charge in [0.2, 0.25) is 0 Å². The molecule has 0 aromatic heterocycles. The van der Waals surface area contributed by atoms with Crippen LogP contribution in [0.15, 0.2) is 41.6 Å². The van der Waals surface area contributed by atoms with Gasteiger partial charge in [-0.2, -0.15) is 0 Å². The molecule has 0 atom stereocenters. The minimum Gasteiger partial charge on any atom is -0.493 e. The molecule has 0 saturated carbocycles. The van der Waals surface area contributed by atoms with Crippen LogP contribution in [0.4, 0.5) is 0 Å². The molecule has 128 valence electrons. The van der Waals surface area contributed by atoms with E-state index >= 15 is 0 Å². The molecule has 0 unspecified atom stereocenters. The van der Waals surface area contributed by atoms with Crippen molar-refractivity contribution in [3.8, 4) is 23.0 Å². The fourth-order valence-corrected chi connectivity index (χ4v) is 2.57. The molecule has 2 aromatic rings. The van der Waals surface area contributed by atoms with E-state index in [9.17, 15) is 5.21 Å². The molecule has 2 rings (SSSR count). The third kappa shape index (κ3) is 3.37. The normalized spacial score (nSPS) is 11.1. The zero-order chi connectivity index (χ0) is 17.5. The molecule has 0 aliphatic heterocycles. The van der Waals surface area contributed by atoms with Crippen molar-refractivity contribution in [2.75, 3.05) is 28.4 Å². The van der Waals surface area contributed by atoms with E-state index < -0.39 is 0 Å². The zero-order valence-corrected chi connectivity index (χ0v) is 14.2. The van der Waals surface area contributed by atoms with Gasteiger partial charge in [-0.05, 0) is 18.2 Å². The van der Waals surface area contributed by atoms with Crippen molar-refractivity contribution < 1.29 is 24.2 Å². The Morgan fingerprint density at radius 2 is 1.42 bits per heavy atom. The summed E-state index contributed by atoms with van der Waals surface area (Å²) in [7, 11) is 6.25. The molecule has 1 N–H and O–H groups in total. The summed E-state index contributed by atoms with van der Waals surface area (Å²) in [5.74, 6) is 2.29. The largest absolute Gasteiger partial charge is 0.493 e. The van der Waals surface area contributed by atoms with Gasteiger partial charge >= 0.3 is 0 Å². The second-order valence-corrected chi connectivity index (χ2v) is 4.92. The Bertz CT molecular complexity index is 727. The van der Waals surface area contributed by atoms with Crippen LogP contribution in [0, 0.1) is 0 Å². The van der Waals surface area contributed by atoms with Gasteiger partial charge in [-0.3, -0.25) is 0 Å². The van der Waals surface area contributed by atoms with E-state index in [1.165, 1.54) is 0 Å². The highest BCUT2D eigenvalue weighted by Gasteiger charge is 2.18. The van der Waals surface area contributed by atoms with Crippen molar-refractivity contribution in [2.24, 2.45) is 5.16 Å². The molecule has 6 nitrogen and oxygen atoms in total. The summed E-state index contributed by atoms with van der Waals surface area (Å²) in [6.07, 6.45) is 0.334. The number of ether oxygens (including phenoxy) is 4. The van der Waals surface area contributed by atoms with Gasteiger partial charge in [0, 0.05) is 17.5 Å². The number of rotatable bonds is 7. The summed E-state index contributed by atoms with van der Waals surface area (Å²) < 4.78 is 21.5. The average Bonchev–Trinajstić information content (AvgIpc) is 2.64. The van der Waals surface area contributed by atoms with E-state index in [1.807, 2.05) is 30.3 Å². The number of para-hydroxylation sites is 2. The molecule has 6 heteroatoms. The first kappa shape index (κ1) is 17.5. The number of hydrogen-bond acceptors (Lipinski definition) is 6. The van der Waals surface area contributed by atoms with E-state index in [2.05, 4.69) is 5.16 Å². The van der Waals surface area contributed by atoms with Crippen molar-refractivity contribution in [1.29, 1.82) is 0 Å². The topological polar surface area (TPSA) is 69.5 Å². The van der Waals surface area contributed by atoms with Crippen molar-refractivity contribution >= 4 is 5.71 Å². The standard InChI is InChI=1S/C18H21NO5/c1-21-15-9-5-7-12(17(15)23-3)11-14(19-20)13-8-6-10-16(22-2)18(13)24-4/h5-10,20H,11H2,1-4H3/b19-14-. The van der Waals surface area contributed by atoms with Gasteiger partial charge in [-0.1, -0.05) is 23.4 Å². The lowest BCUT2D eigenvalue weighted by Gasteiger charge is -2.15. The second kappa shape index (κ2) is 8.10. The predicted octanol–water partition coefficient (Wildman–Crippen LogP) is 3.14. The van der Waals surface area contributed by atoms with Crippen molar-refractivity contribution in [3.05, 3.63) is 47.5 Å². The first-order valence-electron chi connectivity index (χ1n) is 7.32. The van der Waals surface area contributed by atoms with Gasteiger partial charge in [0.15, 0.2) is 23.0 Å². The molecule has 0 fully saturated rings. The Balaban J connectivity index is 2.46.